The number of likely N-dealkylation sites (tertiary alicyclic amines) is 1. The molecule has 120 valence electrons. The number of aromatic nitrogens is 2. The van der Waals surface area contributed by atoms with Crippen LogP contribution in [0.5, 0.6) is 0 Å². The summed E-state index contributed by atoms with van der Waals surface area (Å²) in [4.78, 5) is 33.9. The minimum atomic E-state index is -0.226. The summed E-state index contributed by atoms with van der Waals surface area (Å²) >= 11 is 0. The highest BCUT2D eigenvalue weighted by Crippen LogP contribution is 2.16. The van der Waals surface area contributed by atoms with Crippen molar-refractivity contribution in [2.24, 2.45) is 11.7 Å². The summed E-state index contributed by atoms with van der Waals surface area (Å²) in [6.07, 6.45) is 4.76. The number of amides is 2. The van der Waals surface area contributed by atoms with Crippen molar-refractivity contribution in [3.63, 3.8) is 0 Å². The number of rotatable bonds is 3. The van der Waals surface area contributed by atoms with Gasteiger partial charge in [-0.15, -0.1) is 0 Å². The fourth-order valence-corrected chi connectivity index (χ4v) is 2.53. The van der Waals surface area contributed by atoms with Crippen LogP contribution >= 0.6 is 0 Å². The normalized spacial score (nSPS) is 22.0. The van der Waals surface area contributed by atoms with Gasteiger partial charge >= 0.3 is 0 Å². The van der Waals surface area contributed by atoms with E-state index in [0.29, 0.717) is 31.7 Å². The molecule has 0 bridgehead atoms. The molecule has 2 amide bonds. The first kappa shape index (κ1) is 16.4. The van der Waals surface area contributed by atoms with Crippen LogP contribution in [0.15, 0.2) is 12.4 Å². The van der Waals surface area contributed by atoms with Crippen molar-refractivity contribution in [2.45, 2.75) is 39.3 Å². The van der Waals surface area contributed by atoms with Crippen molar-refractivity contribution in [3.8, 4) is 0 Å². The van der Waals surface area contributed by atoms with Crippen molar-refractivity contribution < 1.29 is 9.59 Å². The van der Waals surface area contributed by atoms with Crippen molar-refractivity contribution in [3.05, 3.63) is 23.8 Å². The number of nitrogens with zero attached hydrogens (tertiary/aromatic N) is 3. The monoisotopic (exact) mass is 305 g/mol. The summed E-state index contributed by atoms with van der Waals surface area (Å²) < 4.78 is 0. The van der Waals surface area contributed by atoms with Crippen molar-refractivity contribution >= 4 is 11.8 Å². The first-order valence-electron chi connectivity index (χ1n) is 7.52. The van der Waals surface area contributed by atoms with Gasteiger partial charge in [-0.05, 0) is 19.8 Å². The molecular weight excluding hydrogens is 282 g/mol. The quantitative estimate of drug-likeness (QED) is 0.817. The van der Waals surface area contributed by atoms with E-state index in [9.17, 15) is 9.59 Å². The topological polar surface area (TPSA) is 101 Å². The highest BCUT2D eigenvalue weighted by Gasteiger charge is 2.28. The summed E-state index contributed by atoms with van der Waals surface area (Å²) in [6.45, 7) is 4.65. The van der Waals surface area contributed by atoms with Gasteiger partial charge in [0.15, 0.2) is 0 Å². The molecule has 0 aromatic carbocycles. The first-order chi connectivity index (χ1) is 10.5. The van der Waals surface area contributed by atoms with Gasteiger partial charge in [0.05, 0.1) is 30.0 Å². The van der Waals surface area contributed by atoms with Crippen LogP contribution in [0.25, 0.3) is 0 Å². The maximum Gasteiger partial charge on any atom is 0.225 e. The molecule has 2 heterocycles. The third kappa shape index (κ3) is 4.49. The predicted octanol–water partition coefficient (Wildman–Crippen LogP) is -0.0130. The third-order valence-electron chi connectivity index (χ3n) is 3.88. The summed E-state index contributed by atoms with van der Waals surface area (Å²) in [5, 5.41) is 2.87. The summed E-state index contributed by atoms with van der Waals surface area (Å²) in [7, 11) is 0. The molecule has 0 aliphatic carbocycles. The molecule has 0 saturated carbocycles. The zero-order valence-electron chi connectivity index (χ0n) is 13.1. The predicted molar refractivity (Wildman–Crippen MR) is 81.6 cm³/mol. The first-order valence-corrected chi connectivity index (χ1v) is 7.52. The van der Waals surface area contributed by atoms with Gasteiger partial charge in [0.25, 0.3) is 0 Å². The molecule has 7 nitrogen and oxygen atoms in total. The lowest BCUT2D eigenvalue weighted by Gasteiger charge is -2.23. The molecule has 1 aliphatic rings. The summed E-state index contributed by atoms with van der Waals surface area (Å²) in [5.74, 6) is -0.335. The van der Waals surface area contributed by atoms with Crippen LogP contribution in [0.3, 0.4) is 0 Å². The van der Waals surface area contributed by atoms with Gasteiger partial charge in [0, 0.05) is 32.3 Å². The van der Waals surface area contributed by atoms with Crippen molar-refractivity contribution in [1.29, 1.82) is 0 Å². The molecule has 2 rings (SSSR count). The SMILES string of the molecule is CC(=O)N1C[C@@H](N)CC[C@@H](C(=O)NCc2cnc(C)cn2)C1. The average molecular weight is 305 g/mol. The van der Waals surface area contributed by atoms with Gasteiger partial charge < -0.3 is 16.0 Å². The molecule has 1 aliphatic heterocycles. The van der Waals surface area contributed by atoms with E-state index in [-0.39, 0.29) is 23.8 Å². The molecular formula is C15H23N5O2. The van der Waals surface area contributed by atoms with E-state index >= 15 is 0 Å². The van der Waals surface area contributed by atoms with Crippen LogP contribution in [0.2, 0.25) is 0 Å². The number of nitrogens with two attached hydrogens (primary N) is 1. The van der Waals surface area contributed by atoms with Crippen molar-refractivity contribution in [1.82, 2.24) is 20.2 Å². The third-order valence-corrected chi connectivity index (χ3v) is 3.88. The lowest BCUT2D eigenvalue weighted by Crippen LogP contribution is -2.42. The molecule has 0 spiro atoms. The largest absolute Gasteiger partial charge is 0.350 e. The van der Waals surface area contributed by atoms with Gasteiger partial charge in [-0.3, -0.25) is 19.6 Å². The van der Waals surface area contributed by atoms with E-state index in [2.05, 4.69) is 15.3 Å². The zero-order valence-corrected chi connectivity index (χ0v) is 13.1. The maximum absolute atomic E-state index is 12.3. The standard InChI is InChI=1S/C15H23N5O2/c1-10-5-18-14(6-17-10)7-19-15(22)12-3-4-13(16)9-20(8-12)11(2)21/h5-6,12-13H,3-4,7-9,16H2,1-2H3,(H,19,22)/t12-,13+/m1/s1. The average Bonchev–Trinajstić information content (AvgIpc) is 2.68. The second-order valence-electron chi connectivity index (χ2n) is 5.83. The Kier molecular flexibility index (Phi) is 5.43. The van der Waals surface area contributed by atoms with Crippen molar-refractivity contribution in [2.75, 3.05) is 13.1 Å². The molecule has 7 heteroatoms. The number of aryl methyl sites for hydroxylation is 1. The van der Waals surface area contributed by atoms with Gasteiger partial charge in [-0.1, -0.05) is 0 Å². The molecule has 1 saturated heterocycles. The Morgan fingerprint density at radius 3 is 2.73 bits per heavy atom. The van der Waals surface area contributed by atoms with Gasteiger partial charge in [0.1, 0.15) is 0 Å². The van der Waals surface area contributed by atoms with E-state index < -0.39 is 0 Å². The second-order valence-corrected chi connectivity index (χ2v) is 5.83. The van der Waals surface area contributed by atoms with E-state index in [1.165, 1.54) is 6.92 Å². The molecule has 1 aromatic rings. The number of carbonyl (C=O) groups is 2. The Morgan fingerprint density at radius 1 is 1.32 bits per heavy atom. The van der Waals surface area contributed by atoms with E-state index in [1.807, 2.05) is 6.92 Å². The minimum absolute atomic E-state index is 0.0421. The second kappa shape index (κ2) is 7.31. The van der Waals surface area contributed by atoms with E-state index in [0.717, 1.165) is 12.1 Å². The van der Waals surface area contributed by atoms with Crippen LogP contribution in [0.1, 0.15) is 31.2 Å². The van der Waals surface area contributed by atoms with E-state index in [1.54, 1.807) is 17.3 Å². The Bertz CT molecular complexity index is 531. The summed E-state index contributed by atoms with van der Waals surface area (Å²) in [5.41, 5.74) is 7.51. The molecule has 22 heavy (non-hydrogen) atoms. The number of hydrogen-bond donors (Lipinski definition) is 2. The lowest BCUT2D eigenvalue weighted by atomic mass is 10.0. The zero-order chi connectivity index (χ0) is 16.1. The van der Waals surface area contributed by atoms with Crippen LogP contribution in [0, 0.1) is 12.8 Å². The fourth-order valence-electron chi connectivity index (χ4n) is 2.53. The van der Waals surface area contributed by atoms with Gasteiger partial charge in [-0.25, -0.2) is 0 Å². The number of nitrogens with one attached hydrogen (secondary N) is 1. The lowest BCUT2D eigenvalue weighted by molar-refractivity contribution is -0.131. The Balaban J connectivity index is 1.92. The van der Waals surface area contributed by atoms with Gasteiger partial charge in [0.2, 0.25) is 11.8 Å². The Labute approximate surface area is 130 Å². The molecule has 2 atom stereocenters. The minimum Gasteiger partial charge on any atom is -0.350 e. The van der Waals surface area contributed by atoms with Crippen LogP contribution in [-0.2, 0) is 16.1 Å². The summed E-state index contributed by atoms with van der Waals surface area (Å²) in [6, 6.07) is -0.0651. The van der Waals surface area contributed by atoms with Crippen LogP contribution < -0.4 is 11.1 Å². The highest BCUT2D eigenvalue weighted by molar-refractivity contribution is 5.80. The Morgan fingerprint density at radius 2 is 2.09 bits per heavy atom. The fraction of sp³-hybridized carbons (Fsp3) is 0.600. The molecule has 3 N–H and O–H groups in total. The molecule has 0 radical (unpaired) electrons. The molecule has 1 aromatic heterocycles. The number of carbonyl (C=O) groups excluding carboxylic acids is 2. The van der Waals surface area contributed by atoms with Crippen LogP contribution in [0.4, 0.5) is 0 Å². The van der Waals surface area contributed by atoms with E-state index in [4.69, 9.17) is 5.73 Å². The Hall–Kier alpha value is -2.02. The van der Waals surface area contributed by atoms with Crippen LogP contribution in [-0.4, -0.2) is 45.8 Å². The molecule has 1 fully saturated rings. The van der Waals surface area contributed by atoms with Gasteiger partial charge in [-0.2, -0.15) is 0 Å². The smallest absolute Gasteiger partial charge is 0.225 e. The maximum atomic E-state index is 12.3. The highest BCUT2D eigenvalue weighted by atomic mass is 16.2. The number of hydrogen-bond acceptors (Lipinski definition) is 5. The molecule has 0 unspecified atom stereocenters.